The van der Waals surface area contributed by atoms with E-state index in [-0.39, 0.29) is 48.7 Å². The van der Waals surface area contributed by atoms with Crippen LogP contribution in [0.4, 0.5) is 4.39 Å². The SMILES string of the molecule is COCCCOC1C=C(C[C@@H](C[C@H](N)[C@@H](O)C[C@H](C(=O)NCc2cccc(F)c2)C(C)C)C(C)C)C=CC1OC. The number of nitrogens with two attached hydrogens (primary N) is 1. The molecule has 1 aliphatic carbocycles. The number of aliphatic hydroxyl groups is 1. The van der Waals surface area contributed by atoms with Gasteiger partial charge in [-0.15, -0.1) is 0 Å². The van der Waals surface area contributed by atoms with Crippen LogP contribution in [0.25, 0.3) is 0 Å². The van der Waals surface area contributed by atoms with Crippen molar-refractivity contribution in [2.75, 3.05) is 27.4 Å². The number of carbonyl (C=O) groups excluding carboxylic acids is 1. The van der Waals surface area contributed by atoms with Crippen molar-refractivity contribution in [3.8, 4) is 0 Å². The number of amides is 1. The van der Waals surface area contributed by atoms with Crippen molar-refractivity contribution >= 4 is 5.91 Å². The van der Waals surface area contributed by atoms with Gasteiger partial charge in [-0.3, -0.25) is 4.79 Å². The van der Waals surface area contributed by atoms with Crippen molar-refractivity contribution in [3.63, 3.8) is 0 Å². The third-order valence-electron chi connectivity index (χ3n) is 7.78. The summed E-state index contributed by atoms with van der Waals surface area (Å²) < 4.78 is 30.3. The fraction of sp³-hybridized carbons (Fsp3) is 0.656. The van der Waals surface area contributed by atoms with E-state index in [2.05, 4.69) is 31.3 Å². The van der Waals surface area contributed by atoms with Gasteiger partial charge < -0.3 is 30.4 Å². The zero-order valence-corrected chi connectivity index (χ0v) is 25.1. The van der Waals surface area contributed by atoms with E-state index in [1.165, 1.54) is 17.7 Å². The number of hydrogen-bond donors (Lipinski definition) is 3. The Kier molecular flexibility index (Phi) is 15.1. The molecule has 0 spiro atoms. The summed E-state index contributed by atoms with van der Waals surface area (Å²) in [6, 6.07) is 5.70. The summed E-state index contributed by atoms with van der Waals surface area (Å²) in [4.78, 5) is 13.0. The largest absolute Gasteiger partial charge is 0.391 e. The molecule has 7 nitrogen and oxygen atoms in total. The van der Waals surface area contributed by atoms with Crippen molar-refractivity contribution in [3.05, 3.63) is 59.4 Å². The Labute approximate surface area is 240 Å². The van der Waals surface area contributed by atoms with E-state index in [1.807, 2.05) is 19.9 Å². The van der Waals surface area contributed by atoms with Gasteiger partial charge in [0.25, 0.3) is 0 Å². The van der Waals surface area contributed by atoms with Gasteiger partial charge in [-0.25, -0.2) is 4.39 Å². The Morgan fingerprint density at radius 1 is 1.10 bits per heavy atom. The highest BCUT2D eigenvalue weighted by Crippen LogP contribution is 2.30. The van der Waals surface area contributed by atoms with Crippen molar-refractivity contribution in [2.45, 2.75) is 84.3 Å². The number of halogens is 1. The van der Waals surface area contributed by atoms with Crippen LogP contribution in [0.1, 0.15) is 58.9 Å². The topological polar surface area (TPSA) is 103 Å². The molecule has 1 amide bonds. The summed E-state index contributed by atoms with van der Waals surface area (Å²) in [5, 5.41) is 14.0. The standard InChI is InChI=1S/C32H51FN2O5/c1-21(2)25(15-23-11-12-30(39-6)31(17-23)40-14-8-13-38-5)18-28(34)29(36)19-27(22(3)4)32(37)35-20-24-9-7-10-26(33)16-24/h7,9-12,16-17,21-22,25,27-31,36H,8,13-15,18-20,34H2,1-6H3,(H,35,37)/t25-,27-,28-,29-,30?,31?/m0/s1. The molecule has 4 N–H and O–H groups in total. The van der Waals surface area contributed by atoms with E-state index in [0.717, 1.165) is 12.8 Å². The van der Waals surface area contributed by atoms with Crippen LogP contribution >= 0.6 is 0 Å². The molecule has 0 fully saturated rings. The first kappa shape index (κ1) is 34.1. The number of rotatable bonds is 18. The third-order valence-corrected chi connectivity index (χ3v) is 7.78. The Hall–Kier alpha value is -2.10. The lowest BCUT2D eigenvalue weighted by Crippen LogP contribution is -2.42. The molecule has 0 saturated carbocycles. The molecule has 0 aromatic heterocycles. The molecule has 6 atom stereocenters. The normalized spacial score (nSPS) is 20.3. The number of carbonyl (C=O) groups is 1. The Morgan fingerprint density at radius 2 is 1.85 bits per heavy atom. The van der Waals surface area contributed by atoms with E-state index in [4.69, 9.17) is 19.9 Å². The summed E-state index contributed by atoms with van der Waals surface area (Å²) in [5.74, 6) is -0.290. The van der Waals surface area contributed by atoms with Crippen LogP contribution in [0.3, 0.4) is 0 Å². The fourth-order valence-electron chi connectivity index (χ4n) is 5.09. The van der Waals surface area contributed by atoms with Crippen molar-refractivity contribution in [2.24, 2.45) is 29.4 Å². The number of ether oxygens (including phenoxy) is 3. The molecule has 2 rings (SSSR count). The lowest BCUT2D eigenvalue weighted by atomic mass is 9.80. The van der Waals surface area contributed by atoms with Gasteiger partial charge in [-0.05, 0) is 72.8 Å². The summed E-state index contributed by atoms with van der Waals surface area (Å²) in [6.07, 6.45) is 7.69. The molecular weight excluding hydrogens is 511 g/mol. The maximum atomic E-state index is 13.5. The third kappa shape index (κ3) is 11.4. The Bertz CT molecular complexity index is 951. The van der Waals surface area contributed by atoms with Crippen molar-refractivity contribution < 1.29 is 28.5 Å². The van der Waals surface area contributed by atoms with E-state index in [1.54, 1.807) is 26.4 Å². The van der Waals surface area contributed by atoms with Crippen molar-refractivity contribution in [1.29, 1.82) is 0 Å². The zero-order chi connectivity index (χ0) is 29.7. The molecule has 40 heavy (non-hydrogen) atoms. The molecule has 0 saturated heterocycles. The maximum Gasteiger partial charge on any atom is 0.223 e. The molecule has 0 radical (unpaired) electrons. The minimum absolute atomic E-state index is 0.0161. The molecule has 8 heteroatoms. The Morgan fingerprint density at radius 3 is 2.48 bits per heavy atom. The smallest absolute Gasteiger partial charge is 0.223 e. The number of methoxy groups -OCH3 is 2. The quantitative estimate of drug-likeness (QED) is 0.223. The van der Waals surface area contributed by atoms with Crippen molar-refractivity contribution in [1.82, 2.24) is 5.32 Å². The molecule has 1 aromatic rings. The molecule has 1 aromatic carbocycles. The summed E-state index contributed by atoms with van der Waals surface area (Å²) in [5.41, 5.74) is 8.40. The van der Waals surface area contributed by atoms with Gasteiger partial charge in [-0.2, -0.15) is 0 Å². The fourth-order valence-corrected chi connectivity index (χ4v) is 5.09. The predicted octanol–water partition coefficient (Wildman–Crippen LogP) is 4.78. The molecule has 2 unspecified atom stereocenters. The number of nitrogens with one attached hydrogen (secondary N) is 1. The highest BCUT2D eigenvalue weighted by atomic mass is 19.1. The molecule has 0 bridgehead atoms. The van der Waals surface area contributed by atoms with Crippen LogP contribution in [0.2, 0.25) is 0 Å². The monoisotopic (exact) mass is 562 g/mol. The number of allylic oxidation sites excluding steroid dienone is 2. The second kappa shape index (κ2) is 17.7. The van der Waals surface area contributed by atoms with Gasteiger partial charge >= 0.3 is 0 Å². The van der Waals surface area contributed by atoms with Gasteiger partial charge in [0.05, 0.1) is 6.10 Å². The van der Waals surface area contributed by atoms with E-state index in [9.17, 15) is 14.3 Å². The molecular formula is C32H51FN2O5. The summed E-state index contributed by atoms with van der Waals surface area (Å²) in [7, 11) is 3.36. The summed E-state index contributed by atoms with van der Waals surface area (Å²) >= 11 is 0. The summed E-state index contributed by atoms with van der Waals surface area (Å²) in [6.45, 7) is 9.75. The second-order valence-electron chi connectivity index (χ2n) is 11.6. The van der Waals surface area contributed by atoms with E-state index < -0.39 is 18.1 Å². The highest BCUT2D eigenvalue weighted by molar-refractivity contribution is 5.78. The van der Waals surface area contributed by atoms with Gasteiger partial charge in [0.2, 0.25) is 5.91 Å². The number of hydrogen-bond acceptors (Lipinski definition) is 6. The van der Waals surface area contributed by atoms with Crippen LogP contribution < -0.4 is 11.1 Å². The number of benzene rings is 1. The first-order valence-corrected chi connectivity index (χ1v) is 14.5. The maximum absolute atomic E-state index is 13.5. The van der Waals surface area contributed by atoms with Gasteiger partial charge in [0, 0.05) is 45.9 Å². The van der Waals surface area contributed by atoms with Gasteiger partial charge in [0.15, 0.2) is 0 Å². The first-order chi connectivity index (χ1) is 19.0. The molecule has 0 heterocycles. The lowest BCUT2D eigenvalue weighted by Gasteiger charge is -2.31. The van der Waals surface area contributed by atoms with Crippen LogP contribution in [-0.4, -0.2) is 62.8 Å². The minimum Gasteiger partial charge on any atom is -0.391 e. The van der Waals surface area contributed by atoms with Crippen LogP contribution in [0, 0.1) is 29.5 Å². The molecule has 226 valence electrons. The second-order valence-corrected chi connectivity index (χ2v) is 11.6. The van der Waals surface area contributed by atoms with E-state index >= 15 is 0 Å². The first-order valence-electron chi connectivity index (χ1n) is 14.5. The minimum atomic E-state index is -0.820. The van der Waals surface area contributed by atoms with Crippen LogP contribution in [0.5, 0.6) is 0 Å². The van der Waals surface area contributed by atoms with Crippen LogP contribution in [0.15, 0.2) is 48.1 Å². The predicted molar refractivity (Wildman–Crippen MR) is 157 cm³/mol. The van der Waals surface area contributed by atoms with Gasteiger partial charge in [-0.1, -0.05) is 52.0 Å². The van der Waals surface area contributed by atoms with E-state index in [0.29, 0.717) is 31.1 Å². The van der Waals surface area contributed by atoms with Crippen LogP contribution in [-0.2, 0) is 25.5 Å². The highest BCUT2D eigenvalue weighted by Gasteiger charge is 2.30. The zero-order valence-electron chi connectivity index (χ0n) is 25.1. The van der Waals surface area contributed by atoms with Gasteiger partial charge in [0.1, 0.15) is 18.0 Å². The number of aliphatic hydroxyl groups excluding tert-OH is 1. The lowest BCUT2D eigenvalue weighted by molar-refractivity contribution is -0.127. The average molecular weight is 563 g/mol. The Balaban J connectivity index is 1.97. The molecule has 0 aliphatic heterocycles. The average Bonchev–Trinajstić information content (AvgIpc) is 2.92. The molecule has 1 aliphatic rings.